The zero-order valence-electron chi connectivity index (χ0n) is 33.4. The number of allylic oxidation sites excluding steroid dienone is 4. The third-order valence-electron chi connectivity index (χ3n) is 9.75. The van der Waals surface area contributed by atoms with Crippen LogP contribution in [0.2, 0.25) is 0 Å². The van der Waals surface area contributed by atoms with Crippen LogP contribution in [0, 0.1) is 0 Å². The molecule has 0 saturated heterocycles. The molecule has 0 rings (SSSR count). The molecule has 0 saturated carbocycles. The van der Waals surface area contributed by atoms with Crippen LogP contribution in [-0.4, -0.2) is 36.4 Å². The maximum absolute atomic E-state index is 12.2. The predicted molar refractivity (Wildman–Crippen MR) is 215 cm³/mol. The Hall–Kier alpha value is -1.62. The van der Waals surface area contributed by atoms with Gasteiger partial charge in [0, 0.05) is 12.8 Å². The molecular weight excluding hydrogens is 620 g/mol. The summed E-state index contributed by atoms with van der Waals surface area (Å²) in [7, 11) is 0. The van der Waals surface area contributed by atoms with E-state index in [0.717, 1.165) is 51.4 Å². The molecule has 1 unspecified atom stereocenters. The lowest BCUT2D eigenvalue weighted by Crippen LogP contribution is -2.28. The summed E-state index contributed by atoms with van der Waals surface area (Å²) in [6.45, 7) is 4.13. The first-order valence-corrected chi connectivity index (χ1v) is 21.9. The minimum absolute atomic E-state index is 0.0669. The van der Waals surface area contributed by atoms with Crippen molar-refractivity contribution in [2.75, 3.05) is 13.2 Å². The molecule has 0 amide bonds. The highest BCUT2D eigenvalue weighted by atomic mass is 16.6. The zero-order valence-corrected chi connectivity index (χ0v) is 33.4. The SMILES string of the molecule is CCCCCC/C=C\C/C=C\CCCCCCCC(=O)OC(CO)COC(=O)CCCCCCCCCCCCCCCCCCCCCC. The van der Waals surface area contributed by atoms with Crippen molar-refractivity contribution in [1.29, 1.82) is 0 Å². The molecule has 0 aromatic rings. The molecule has 0 aliphatic heterocycles. The molecule has 0 aliphatic rings. The monoisotopic (exact) mass is 705 g/mol. The molecule has 0 aromatic heterocycles. The number of esters is 2. The first-order valence-electron chi connectivity index (χ1n) is 21.9. The minimum Gasteiger partial charge on any atom is -0.462 e. The number of aliphatic hydroxyl groups excluding tert-OH is 1. The van der Waals surface area contributed by atoms with Crippen LogP contribution in [0.3, 0.4) is 0 Å². The lowest BCUT2D eigenvalue weighted by atomic mass is 10.0. The molecule has 0 fully saturated rings. The van der Waals surface area contributed by atoms with Gasteiger partial charge in [-0.25, -0.2) is 0 Å². The van der Waals surface area contributed by atoms with Gasteiger partial charge in [-0.1, -0.05) is 199 Å². The number of rotatable bonds is 40. The minimum atomic E-state index is -0.774. The molecule has 0 heterocycles. The van der Waals surface area contributed by atoms with Gasteiger partial charge in [0.25, 0.3) is 0 Å². The molecule has 0 radical (unpaired) electrons. The van der Waals surface area contributed by atoms with Gasteiger partial charge in [-0.2, -0.15) is 0 Å². The third-order valence-corrected chi connectivity index (χ3v) is 9.75. The maximum Gasteiger partial charge on any atom is 0.306 e. The molecule has 0 aliphatic carbocycles. The first-order chi connectivity index (χ1) is 24.6. The number of hydrogen-bond donors (Lipinski definition) is 1. The number of ether oxygens (including phenoxy) is 2. The molecule has 1 N–H and O–H groups in total. The van der Waals surface area contributed by atoms with Crippen molar-refractivity contribution in [2.24, 2.45) is 0 Å². The van der Waals surface area contributed by atoms with E-state index in [-0.39, 0.29) is 25.2 Å². The van der Waals surface area contributed by atoms with Gasteiger partial charge < -0.3 is 14.6 Å². The van der Waals surface area contributed by atoms with Gasteiger partial charge in [0.05, 0.1) is 6.61 Å². The summed E-state index contributed by atoms with van der Waals surface area (Å²) in [5.41, 5.74) is 0. The van der Waals surface area contributed by atoms with Crippen molar-refractivity contribution in [3.63, 3.8) is 0 Å². The van der Waals surface area contributed by atoms with Gasteiger partial charge in [-0.05, 0) is 44.9 Å². The highest BCUT2D eigenvalue weighted by molar-refractivity contribution is 5.70. The van der Waals surface area contributed by atoms with Crippen LogP contribution < -0.4 is 0 Å². The van der Waals surface area contributed by atoms with Crippen LogP contribution in [0.5, 0.6) is 0 Å². The summed E-state index contributed by atoms with van der Waals surface area (Å²) in [4.78, 5) is 24.3. The summed E-state index contributed by atoms with van der Waals surface area (Å²) in [6, 6.07) is 0. The summed E-state index contributed by atoms with van der Waals surface area (Å²) in [6.07, 6.45) is 49.6. The Kier molecular flexibility index (Phi) is 40.4. The van der Waals surface area contributed by atoms with E-state index in [9.17, 15) is 14.7 Å². The molecule has 50 heavy (non-hydrogen) atoms. The fourth-order valence-electron chi connectivity index (χ4n) is 6.41. The Morgan fingerprint density at radius 3 is 1.20 bits per heavy atom. The van der Waals surface area contributed by atoms with E-state index in [4.69, 9.17) is 9.47 Å². The van der Waals surface area contributed by atoms with Crippen LogP contribution in [0.1, 0.15) is 232 Å². The van der Waals surface area contributed by atoms with E-state index in [1.54, 1.807) is 0 Å². The second kappa shape index (κ2) is 41.8. The summed E-state index contributed by atoms with van der Waals surface area (Å²) < 4.78 is 10.6. The molecule has 5 heteroatoms. The fraction of sp³-hybridized carbons (Fsp3) is 0.867. The van der Waals surface area contributed by atoms with Crippen LogP contribution in [0.25, 0.3) is 0 Å². The Morgan fingerprint density at radius 1 is 0.460 bits per heavy atom. The molecular formula is C45H84O5. The van der Waals surface area contributed by atoms with Crippen molar-refractivity contribution in [1.82, 2.24) is 0 Å². The molecule has 5 nitrogen and oxygen atoms in total. The fourth-order valence-corrected chi connectivity index (χ4v) is 6.41. The Balaban J connectivity index is 3.51. The van der Waals surface area contributed by atoms with Crippen molar-refractivity contribution >= 4 is 11.9 Å². The summed E-state index contributed by atoms with van der Waals surface area (Å²) in [5.74, 6) is -0.596. The van der Waals surface area contributed by atoms with Gasteiger partial charge in [-0.3, -0.25) is 9.59 Å². The molecule has 1 atom stereocenters. The normalized spacial score (nSPS) is 12.3. The van der Waals surface area contributed by atoms with Gasteiger partial charge >= 0.3 is 11.9 Å². The zero-order chi connectivity index (χ0) is 36.4. The predicted octanol–water partition coefficient (Wildman–Crippen LogP) is 13.8. The maximum atomic E-state index is 12.2. The van der Waals surface area contributed by atoms with Crippen molar-refractivity contribution < 1.29 is 24.2 Å². The van der Waals surface area contributed by atoms with Crippen molar-refractivity contribution in [3.05, 3.63) is 24.3 Å². The third kappa shape index (κ3) is 39.2. The van der Waals surface area contributed by atoms with Crippen LogP contribution >= 0.6 is 0 Å². The van der Waals surface area contributed by atoms with E-state index < -0.39 is 6.10 Å². The molecule has 0 aromatic carbocycles. The Morgan fingerprint density at radius 2 is 0.800 bits per heavy atom. The highest BCUT2D eigenvalue weighted by Crippen LogP contribution is 2.16. The summed E-state index contributed by atoms with van der Waals surface area (Å²) in [5, 5.41) is 9.57. The molecule has 0 spiro atoms. The lowest BCUT2D eigenvalue weighted by Gasteiger charge is -2.15. The van der Waals surface area contributed by atoms with Crippen LogP contribution in [0.4, 0.5) is 0 Å². The smallest absolute Gasteiger partial charge is 0.306 e. The number of aliphatic hydroxyl groups is 1. The quantitative estimate of drug-likeness (QED) is 0.0390. The lowest BCUT2D eigenvalue weighted by molar-refractivity contribution is -0.161. The van der Waals surface area contributed by atoms with Gasteiger partial charge in [0.1, 0.15) is 6.61 Å². The Labute approximate surface area is 311 Å². The topological polar surface area (TPSA) is 72.8 Å². The molecule has 0 bridgehead atoms. The standard InChI is InChI=1S/C45H84O5/c1-3-5-7-9-11-13-15-17-19-21-22-23-24-26-27-29-31-33-35-37-39-44(47)49-42-43(41-46)50-45(48)40-38-36-34-32-30-28-25-20-18-16-14-12-10-8-6-4-2/h14,16,20,25,43,46H,3-13,15,17-19,21-24,26-42H2,1-2H3/b16-14-,25-20-. The average Bonchev–Trinajstić information content (AvgIpc) is 3.12. The van der Waals surface area contributed by atoms with E-state index in [1.807, 2.05) is 0 Å². The van der Waals surface area contributed by atoms with E-state index in [1.165, 1.54) is 154 Å². The average molecular weight is 705 g/mol. The van der Waals surface area contributed by atoms with E-state index in [2.05, 4.69) is 38.2 Å². The largest absolute Gasteiger partial charge is 0.462 e. The van der Waals surface area contributed by atoms with E-state index in [0.29, 0.717) is 12.8 Å². The number of carbonyl (C=O) groups is 2. The number of carbonyl (C=O) groups excluding carboxylic acids is 2. The first kappa shape index (κ1) is 48.4. The second-order valence-electron chi connectivity index (χ2n) is 14.8. The molecule has 294 valence electrons. The number of hydrogen-bond acceptors (Lipinski definition) is 5. The Bertz CT molecular complexity index is 761. The summed E-state index contributed by atoms with van der Waals surface area (Å²) >= 11 is 0. The van der Waals surface area contributed by atoms with Crippen LogP contribution in [-0.2, 0) is 19.1 Å². The number of unbranched alkanes of at least 4 members (excludes halogenated alkanes) is 28. The van der Waals surface area contributed by atoms with Gasteiger partial charge in [-0.15, -0.1) is 0 Å². The van der Waals surface area contributed by atoms with Gasteiger partial charge in [0.15, 0.2) is 6.10 Å². The van der Waals surface area contributed by atoms with Gasteiger partial charge in [0.2, 0.25) is 0 Å². The van der Waals surface area contributed by atoms with Crippen LogP contribution in [0.15, 0.2) is 24.3 Å². The van der Waals surface area contributed by atoms with E-state index >= 15 is 0 Å². The second-order valence-corrected chi connectivity index (χ2v) is 14.8. The highest BCUT2D eigenvalue weighted by Gasteiger charge is 2.16. The van der Waals surface area contributed by atoms with Crippen molar-refractivity contribution in [3.8, 4) is 0 Å². The van der Waals surface area contributed by atoms with Crippen molar-refractivity contribution in [2.45, 2.75) is 238 Å².